The van der Waals surface area contributed by atoms with Crippen LogP contribution in [0.4, 0.5) is 0 Å². The van der Waals surface area contributed by atoms with Crippen molar-refractivity contribution in [1.82, 2.24) is 0 Å². The van der Waals surface area contributed by atoms with Gasteiger partial charge in [-0.25, -0.2) is 0 Å². The maximum absolute atomic E-state index is 5.71. The van der Waals surface area contributed by atoms with E-state index in [1.807, 2.05) is 0 Å². The molecule has 3 atom stereocenters. The Morgan fingerprint density at radius 3 is 2.38 bits per heavy atom. The van der Waals surface area contributed by atoms with E-state index in [9.17, 15) is 0 Å². The van der Waals surface area contributed by atoms with Crippen molar-refractivity contribution in [2.24, 2.45) is 11.8 Å². The maximum Gasteiger partial charge on any atom is 0.332 e. The van der Waals surface area contributed by atoms with Crippen LogP contribution in [-0.2, 0) is 13.6 Å². The van der Waals surface area contributed by atoms with Gasteiger partial charge < -0.3 is 13.6 Å². The van der Waals surface area contributed by atoms with Gasteiger partial charge in [0.1, 0.15) is 0 Å². The van der Waals surface area contributed by atoms with Gasteiger partial charge in [-0.1, -0.05) is 12.2 Å². The molecule has 0 aromatic rings. The van der Waals surface area contributed by atoms with Gasteiger partial charge >= 0.3 is 8.60 Å². The second-order valence-electron chi connectivity index (χ2n) is 3.51. The summed E-state index contributed by atoms with van der Waals surface area (Å²) in [4.78, 5) is 0. The van der Waals surface area contributed by atoms with Gasteiger partial charge in [0.2, 0.25) is 0 Å². The molecule has 0 aliphatic heterocycles. The minimum Gasteiger partial charge on any atom is -0.316 e. The van der Waals surface area contributed by atoms with Crippen LogP contribution in [0.5, 0.6) is 0 Å². The van der Waals surface area contributed by atoms with Gasteiger partial charge in [0.05, 0.1) is 6.10 Å². The second-order valence-corrected chi connectivity index (χ2v) is 4.90. The third kappa shape index (κ3) is 1.94. The van der Waals surface area contributed by atoms with Crippen molar-refractivity contribution in [2.45, 2.75) is 18.9 Å². The Bertz CT molecular complexity index is 203. The number of hydrogen-bond acceptors (Lipinski definition) is 3. The summed E-state index contributed by atoms with van der Waals surface area (Å²) in [7, 11) is 2.13. The van der Waals surface area contributed by atoms with Gasteiger partial charge in [0.15, 0.2) is 0 Å². The minimum atomic E-state index is -1.11. The smallest absolute Gasteiger partial charge is 0.316 e. The van der Waals surface area contributed by atoms with Crippen molar-refractivity contribution in [3.8, 4) is 0 Å². The van der Waals surface area contributed by atoms with Crippen molar-refractivity contribution in [3.05, 3.63) is 12.2 Å². The highest BCUT2D eigenvalue weighted by atomic mass is 31.2. The molecule has 2 rings (SSSR count). The summed E-state index contributed by atoms with van der Waals surface area (Å²) in [5.74, 6) is 1.33. The Hall–Kier alpha value is 0.0500. The van der Waals surface area contributed by atoms with Crippen molar-refractivity contribution < 1.29 is 13.6 Å². The van der Waals surface area contributed by atoms with Gasteiger partial charge in [-0.15, -0.1) is 0 Å². The van der Waals surface area contributed by atoms with Crippen LogP contribution in [0.2, 0.25) is 0 Å². The zero-order chi connectivity index (χ0) is 9.26. The van der Waals surface area contributed by atoms with Gasteiger partial charge in [0.25, 0.3) is 0 Å². The van der Waals surface area contributed by atoms with E-state index in [2.05, 4.69) is 12.2 Å². The van der Waals surface area contributed by atoms with E-state index < -0.39 is 8.60 Å². The Balaban J connectivity index is 1.86. The standard InChI is InChI=1S/C9H15O3P/c1-10-13(11-2)12-9-6-7-3-4-8(9)5-7/h3-4,7-9H,5-6H2,1-2H3. The van der Waals surface area contributed by atoms with E-state index in [0.29, 0.717) is 12.0 Å². The third-order valence-corrected chi connectivity index (χ3v) is 3.78. The number of allylic oxidation sites excluding steroid dienone is 1. The van der Waals surface area contributed by atoms with Crippen LogP contribution in [0, 0.1) is 11.8 Å². The lowest BCUT2D eigenvalue weighted by molar-refractivity contribution is 0.127. The molecule has 0 saturated heterocycles. The first-order chi connectivity index (χ1) is 6.33. The summed E-state index contributed by atoms with van der Waals surface area (Å²) in [6, 6.07) is 0. The Morgan fingerprint density at radius 1 is 1.15 bits per heavy atom. The van der Waals surface area contributed by atoms with E-state index in [0.717, 1.165) is 12.3 Å². The monoisotopic (exact) mass is 202 g/mol. The topological polar surface area (TPSA) is 27.7 Å². The summed E-state index contributed by atoms with van der Waals surface area (Å²) < 4.78 is 15.8. The highest BCUT2D eigenvalue weighted by Crippen LogP contribution is 2.48. The summed E-state index contributed by atoms with van der Waals surface area (Å²) in [6.07, 6.45) is 7.26. The predicted octanol–water partition coefficient (Wildman–Crippen LogP) is 2.49. The van der Waals surface area contributed by atoms with E-state index in [-0.39, 0.29) is 0 Å². The molecule has 2 aliphatic carbocycles. The summed E-state index contributed by atoms with van der Waals surface area (Å²) in [5.41, 5.74) is 0. The number of rotatable bonds is 4. The highest BCUT2D eigenvalue weighted by molar-refractivity contribution is 7.41. The fraction of sp³-hybridized carbons (Fsp3) is 0.778. The highest BCUT2D eigenvalue weighted by Gasteiger charge is 2.38. The largest absolute Gasteiger partial charge is 0.332 e. The first-order valence-electron chi connectivity index (χ1n) is 4.57. The van der Waals surface area contributed by atoms with Crippen molar-refractivity contribution >= 4 is 8.60 Å². The van der Waals surface area contributed by atoms with Gasteiger partial charge in [-0.05, 0) is 18.8 Å². The molecular formula is C9H15O3P. The molecule has 0 aromatic heterocycles. The lowest BCUT2D eigenvalue weighted by Gasteiger charge is -2.21. The lowest BCUT2D eigenvalue weighted by Crippen LogP contribution is -2.16. The molecule has 74 valence electrons. The van der Waals surface area contributed by atoms with Crippen molar-refractivity contribution in [3.63, 3.8) is 0 Å². The van der Waals surface area contributed by atoms with Gasteiger partial charge in [0, 0.05) is 20.1 Å². The fourth-order valence-electron chi connectivity index (χ4n) is 2.12. The van der Waals surface area contributed by atoms with Crippen molar-refractivity contribution in [2.75, 3.05) is 14.2 Å². The van der Waals surface area contributed by atoms with Crippen LogP contribution >= 0.6 is 8.60 Å². The van der Waals surface area contributed by atoms with Crippen molar-refractivity contribution in [1.29, 1.82) is 0 Å². The molecule has 0 spiro atoms. The van der Waals surface area contributed by atoms with Crippen LogP contribution in [0.15, 0.2) is 12.2 Å². The molecule has 0 radical (unpaired) electrons. The molecule has 3 nitrogen and oxygen atoms in total. The molecule has 13 heavy (non-hydrogen) atoms. The Kier molecular flexibility index (Phi) is 2.99. The van der Waals surface area contributed by atoms with Gasteiger partial charge in [-0.2, -0.15) is 0 Å². The first-order valence-corrected chi connectivity index (χ1v) is 5.66. The zero-order valence-corrected chi connectivity index (χ0v) is 8.87. The first kappa shape index (κ1) is 9.60. The molecule has 4 heteroatoms. The van der Waals surface area contributed by atoms with Crippen LogP contribution in [-0.4, -0.2) is 20.3 Å². The summed E-state index contributed by atoms with van der Waals surface area (Å²) in [5, 5.41) is 0. The third-order valence-electron chi connectivity index (χ3n) is 2.74. The number of fused-ring (bicyclic) bond motifs is 2. The average molecular weight is 202 g/mol. The normalized spacial score (nSPS) is 36.4. The van der Waals surface area contributed by atoms with Crippen LogP contribution < -0.4 is 0 Å². The molecule has 0 aromatic carbocycles. The average Bonchev–Trinajstić information content (AvgIpc) is 2.75. The summed E-state index contributed by atoms with van der Waals surface area (Å²) in [6.45, 7) is 0. The fourth-order valence-corrected chi connectivity index (χ4v) is 2.91. The lowest BCUT2D eigenvalue weighted by atomic mass is 10.1. The minimum absolute atomic E-state index is 0.320. The van der Waals surface area contributed by atoms with Crippen LogP contribution in [0.3, 0.4) is 0 Å². The van der Waals surface area contributed by atoms with Crippen LogP contribution in [0.1, 0.15) is 12.8 Å². The molecular weight excluding hydrogens is 187 g/mol. The summed E-state index contributed by atoms with van der Waals surface area (Å²) >= 11 is 0. The van der Waals surface area contributed by atoms with Crippen LogP contribution in [0.25, 0.3) is 0 Å². The molecule has 1 fully saturated rings. The molecule has 1 saturated carbocycles. The molecule has 3 unspecified atom stereocenters. The number of hydrogen-bond donors (Lipinski definition) is 0. The predicted molar refractivity (Wildman–Crippen MR) is 51.2 cm³/mol. The SMILES string of the molecule is COP(OC)OC1CC2C=CC1C2. The van der Waals surface area contributed by atoms with Gasteiger partial charge in [-0.3, -0.25) is 0 Å². The molecule has 0 heterocycles. The Morgan fingerprint density at radius 2 is 1.92 bits per heavy atom. The van der Waals surface area contributed by atoms with E-state index >= 15 is 0 Å². The quantitative estimate of drug-likeness (QED) is 0.517. The molecule has 0 N–H and O–H groups in total. The van der Waals surface area contributed by atoms with E-state index in [4.69, 9.17) is 13.6 Å². The van der Waals surface area contributed by atoms with E-state index in [1.54, 1.807) is 14.2 Å². The molecule has 0 amide bonds. The second kappa shape index (κ2) is 4.05. The molecule has 2 bridgehead atoms. The Labute approximate surface area is 80.1 Å². The maximum atomic E-state index is 5.71. The molecule has 2 aliphatic rings. The zero-order valence-electron chi connectivity index (χ0n) is 7.97. The van der Waals surface area contributed by atoms with E-state index in [1.165, 1.54) is 6.42 Å².